The highest BCUT2D eigenvalue weighted by molar-refractivity contribution is 5.24. The average molecular weight is 248 g/mol. The van der Waals surface area contributed by atoms with Crippen molar-refractivity contribution in [2.24, 2.45) is 5.92 Å². The van der Waals surface area contributed by atoms with Crippen LogP contribution in [-0.2, 0) is 0 Å². The first-order chi connectivity index (χ1) is 8.92. The van der Waals surface area contributed by atoms with Gasteiger partial charge in [-0.3, -0.25) is 5.43 Å². The standard InChI is InChI=1S/C14H24N4/c1-2-6-12(5-1)10-15-14-9-13(11-16-17-14)18-7-3-4-8-18/h9,11-12,15-17H,1-8,10H2. The second-order valence-electron chi connectivity index (χ2n) is 5.62. The number of nitrogens with zero attached hydrogens (tertiary/aromatic N) is 1. The number of likely N-dealkylation sites (tertiary alicyclic amines) is 1. The van der Waals surface area contributed by atoms with Gasteiger partial charge in [-0.2, -0.15) is 0 Å². The van der Waals surface area contributed by atoms with E-state index in [2.05, 4.69) is 33.3 Å². The highest BCUT2D eigenvalue weighted by Gasteiger charge is 2.18. The lowest BCUT2D eigenvalue weighted by molar-refractivity contribution is 0.423. The Labute approximate surface area is 109 Å². The molecule has 0 spiro atoms. The van der Waals surface area contributed by atoms with Crippen LogP contribution in [0.1, 0.15) is 38.5 Å². The van der Waals surface area contributed by atoms with E-state index in [1.54, 1.807) is 0 Å². The van der Waals surface area contributed by atoms with Gasteiger partial charge in [-0.1, -0.05) is 12.8 Å². The molecule has 0 aromatic heterocycles. The molecule has 0 bridgehead atoms. The molecular formula is C14H24N4. The van der Waals surface area contributed by atoms with Crippen LogP contribution in [0.2, 0.25) is 0 Å². The maximum Gasteiger partial charge on any atom is 0.120 e. The van der Waals surface area contributed by atoms with E-state index < -0.39 is 0 Å². The Kier molecular flexibility index (Phi) is 3.62. The van der Waals surface area contributed by atoms with Crippen molar-refractivity contribution in [1.29, 1.82) is 0 Å². The fourth-order valence-electron chi connectivity index (χ4n) is 3.14. The van der Waals surface area contributed by atoms with E-state index in [0.717, 1.165) is 18.3 Å². The molecule has 0 aromatic rings. The van der Waals surface area contributed by atoms with E-state index >= 15 is 0 Å². The van der Waals surface area contributed by atoms with Crippen molar-refractivity contribution in [2.75, 3.05) is 19.6 Å². The summed E-state index contributed by atoms with van der Waals surface area (Å²) in [7, 11) is 0. The summed E-state index contributed by atoms with van der Waals surface area (Å²) in [6.45, 7) is 3.49. The largest absolute Gasteiger partial charge is 0.370 e. The first-order valence-electron chi connectivity index (χ1n) is 7.34. The Hall–Kier alpha value is -1.32. The van der Waals surface area contributed by atoms with Gasteiger partial charge >= 0.3 is 0 Å². The van der Waals surface area contributed by atoms with Crippen molar-refractivity contribution in [2.45, 2.75) is 38.5 Å². The number of nitrogens with one attached hydrogen (secondary N) is 3. The van der Waals surface area contributed by atoms with Crippen molar-refractivity contribution < 1.29 is 0 Å². The van der Waals surface area contributed by atoms with Crippen LogP contribution in [-0.4, -0.2) is 24.5 Å². The third kappa shape index (κ3) is 2.74. The molecule has 0 radical (unpaired) electrons. The molecule has 3 aliphatic rings. The fourth-order valence-corrected chi connectivity index (χ4v) is 3.14. The van der Waals surface area contributed by atoms with Crippen LogP contribution < -0.4 is 16.2 Å². The Morgan fingerprint density at radius 3 is 2.72 bits per heavy atom. The monoisotopic (exact) mass is 248 g/mol. The summed E-state index contributed by atoms with van der Waals surface area (Å²) in [5.41, 5.74) is 7.65. The van der Waals surface area contributed by atoms with Crippen LogP contribution in [0.25, 0.3) is 0 Å². The molecule has 2 heterocycles. The van der Waals surface area contributed by atoms with Crippen molar-refractivity contribution in [3.8, 4) is 0 Å². The second kappa shape index (κ2) is 5.55. The lowest BCUT2D eigenvalue weighted by Gasteiger charge is -2.25. The van der Waals surface area contributed by atoms with Crippen LogP contribution in [0.5, 0.6) is 0 Å². The van der Waals surface area contributed by atoms with Gasteiger partial charge in [-0.05, 0) is 31.6 Å². The highest BCUT2D eigenvalue weighted by Crippen LogP contribution is 2.24. The molecule has 100 valence electrons. The number of hydrazine groups is 1. The summed E-state index contributed by atoms with van der Waals surface area (Å²) in [4.78, 5) is 2.45. The van der Waals surface area contributed by atoms with E-state index in [4.69, 9.17) is 0 Å². The van der Waals surface area contributed by atoms with Gasteiger partial charge in [0.1, 0.15) is 5.82 Å². The molecule has 18 heavy (non-hydrogen) atoms. The van der Waals surface area contributed by atoms with Gasteiger partial charge < -0.3 is 15.6 Å². The zero-order chi connectivity index (χ0) is 12.2. The molecule has 4 nitrogen and oxygen atoms in total. The van der Waals surface area contributed by atoms with Crippen LogP contribution in [0.4, 0.5) is 0 Å². The normalized spacial score (nSPS) is 24.3. The van der Waals surface area contributed by atoms with Crippen molar-refractivity contribution in [1.82, 2.24) is 21.1 Å². The minimum absolute atomic E-state index is 0.869. The van der Waals surface area contributed by atoms with Crippen LogP contribution >= 0.6 is 0 Å². The topological polar surface area (TPSA) is 39.3 Å². The van der Waals surface area contributed by atoms with Crippen molar-refractivity contribution in [3.63, 3.8) is 0 Å². The zero-order valence-corrected chi connectivity index (χ0v) is 11.0. The lowest BCUT2D eigenvalue weighted by atomic mass is 10.1. The second-order valence-corrected chi connectivity index (χ2v) is 5.62. The molecule has 4 heteroatoms. The van der Waals surface area contributed by atoms with Gasteiger partial charge in [0.25, 0.3) is 0 Å². The predicted molar refractivity (Wildman–Crippen MR) is 73.2 cm³/mol. The first kappa shape index (κ1) is 11.8. The number of allylic oxidation sites excluding steroid dienone is 1. The molecule has 1 saturated heterocycles. The van der Waals surface area contributed by atoms with E-state index in [1.165, 1.54) is 57.3 Å². The zero-order valence-electron chi connectivity index (χ0n) is 11.0. The average Bonchev–Trinajstić information content (AvgIpc) is 3.10. The molecule has 0 unspecified atom stereocenters. The molecule has 2 aliphatic heterocycles. The Morgan fingerprint density at radius 2 is 1.94 bits per heavy atom. The summed E-state index contributed by atoms with van der Waals surface area (Å²) < 4.78 is 0. The van der Waals surface area contributed by atoms with Gasteiger partial charge in [-0.15, -0.1) is 0 Å². The number of hydrogen-bond acceptors (Lipinski definition) is 4. The fraction of sp³-hybridized carbons (Fsp3) is 0.714. The molecule has 2 fully saturated rings. The minimum Gasteiger partial charge on any atom is -0.370 e. The maximum atomic E-state index is 3.54. The molecule has 3 rings (SSSR count). The summed E-state index contributed by atoms with van der Waals surface area (Å²) in [5, 5.41) is 3.54. The third-order valence-corrected chi connectivity index (χ3v) is 4.25. The van der Waals surface area contributed by atoms with Gasteiger partial charge in [0.05, 0.1) is 5.70 Å². The molecule has 1 saturated carbocycles. The van der Waals surface area contributed by atoms with Gasteiger partial charge in [0.15, 0.2) is 0 Å². The maximum absolute atomic E-state index is 3.54. The summed E-state index contributed by atoms with van der Waals surface area (Å²) in [6.07, 6.45) is 12.5. The smallest absolute Gasteiger partial charge is 0.120 e. The third-order valence-electron chi connectivity index (χ3n) is 4.25. The number of hydrogen-bond donors (Lipinski definition) is 3. The number of rotatable bonds is 4. The Morgan fingerprint density at radius 1 is 1.17 bits per heavy atom. The van der Waals surface area contributed by atoms with Crippen molar-refractivity contribution >= 4 is 0 Å². The minimum atomic E-state index is 0.869. The molecule has 0 atom stereocenters. The Balaban J connectivity index is 1.53. The summed E-state index contributed by atoms with van der Waals surface area (Å²) in [6, 6.07) is 0. The molecule has 3 N–H and O–H groups in total. The van der Waals surface area contributed by atoms with Gasteiger partial charge in [0, 0.05) is 31.9 Å². The van der Waals surface area contributed by atoms with E-state index in [9.17, 15) is 0 Å². The molecule has 1 aliphatic carbocycles. The van der Waals surface area contributed by atoms with E-state index in [-0.39, 0.29) is 0 Å². The summed E-state index contributed by atoms with van der Waals surface area (Å²) in [5.74, 6) is 1.99. The molecular weight excluding hydrogens is 224 g/mol. The van der Waals surface area contributed by atoms with Crippen LogP contribution in [0, 0.1) is 5.92 Å². The van der Waals surface area contributed by atoms with Crippen LogP contribution in [0.15, 0.2) is 23.8 Å². The van der Waals surface area contributed by atoms with Gasteiger partial charge in [-0.25, -0.2) is 0 Å². The van der Waals surface area contributed by atoms with Crippen LogP contribution in [0.3, 0.4) is 0 Å². The summed E-state index contributed by atoms with van der Waals surface area (Å²) >= 11 is 0. The van der Waals surface area contributed by atoms with Gasteiger partial charge in [0.2, 0.25) is 0 Å². The van der Waals surface area contributed by atoms with E-state index in [0.29, 0.717) is 0 Å². The van der Waals surface area contributed by atoms with Crippen molar-refractivity contribution in [3.05, 3.63) is 23.8 Å². The predicted octanol–water partition coefficient (Wildman–Crippen LogP) is 1.65. The molecule has 0 aromatic carbocycles. The lowest BCUT2D eigenvalue weighted by Crippen LogP contribution is -2.40. The van der Waals surface area contributed by atoms with E-state index in [1.807, 2.05) is 0 Å². The molecule has 0 amide bonds. The SMILES string of the molecule is C1=C(NCC2CCCC2)NNC=C1N1CCCC1. The quantitative estimate of drug-likeness (QED) is 0.707. The Bertz CT molecular complexity index is 336. The highest BCUT2D eigenvalue weighted by atomic mass is 15.4. The first-order valence-corrected chi connectivity index (χ1v) is 7.34.